The van der Waals surface area contributed by atoms with Gasteiger partial charge in [-0.25, -0.2) is 14.0 Å². The monoisotopic (exact) mass is 454 g/mol. The summed E-state index contributed by atoms with van der Waals surface area (Å²) in [5, 5.41) is 25.1. The zero-order chi connectivity index (χ0) is 20.7. The smallest absolute Gasteiger partial charge is 0.352 e. The second-order valence-corrected chi connectivity index (χ2v) is 8.99. The Bertz CT molecular complexity index is 1030. The number of carboxylic acids is 1. The van der Waals surface area contributed by atoms with Crippen molar-refractivity contribution in [1.82, 2.24) is 25.1 Å². The lowest BCUT2D eigenvalue weighted by Gasteiger charge is -2.47. The first-order valence-corrected chi connectivity index (χ1v) is 10.9. The number of rotatable bonds is 6. The van der Waals surface area contributed by atoms with Crippen LogP contribution in [-0.4, -0.2) is 65.0 Å². The van der Waals surface area contributed by atoms with Gasteiger partial charge >= 0.3 is 5.97 Å². The predicted molar refractivity (Wildman–Crippen MR) is 107 cm³/mol. The molecule has 2 unspecified atom stereocenters. The second kappa shape index (κ2) is 7.84. The Morgan fingerprint density at radius 3 is 2.97 bits per heavy atom. The summed E-state index contributed by atoms with van der Waals surface area (Å²) < 4.78 is 3.31. The zero-order valence-corrected chi connectivity index (χ0v) is 17.8. The van der Waals surface area contributed by atoms with E-state index in [2.05, 4.69) is 20.8 Å². The van der Waals surface area contributed by atoms with Crippen molar-refractivity contribution in [2.75, 3.05) is 16.8 Å². The molecular weight excluding hydrogens is 438 g/mol. The van der Waals surface area contributed by atoms with Gasteiger partial charge in [-0.1, -0.05) is 23.4 Å². The van der Waals surface area contributed by atoms with Gasteiger partial charge < -0.3 is 5.11 Å². The van der Waals surface area contributed by atoms with Gasteiger partial charge in [0.25, 0.3) is 11.7 Å². The molecule has 0 saturated carbocycles. The maximum Gasteiger partial charge on any atom is 0.352 e. The number of thioether (sulfide) groups is 2. The number of β-lactam (4-membered cyclic amide) rings is 1. The number of carbonyl (C=O) groups is 2. The lowest BCUT2D eigenvalue weighted by molar-refractivity contribution is -0.657. The van der Waals surface area contributed by atoms with Crippen LogP contribution < -0.4 is 9.88 Å². The number of aromatic nitrogens is 5. The van der Waals surface area contributed by atoms with E-state index in [9.17, 15) is 14.7 Å². The number of aryl methyl sites for hydroxylation is 2. The summed E-state index contributed by atoms with van der Waals surface area (Å²) in [5.41, 5.74) is 0.732. The van der Waals surface area contributed by atoms with Crippen LogP contribution in [0.4, 0.5) is 5.82 Å². The fourth-order valence-corrected chi connectivity index (χ4v) is 5.72. The summed E-state index contributed by atoms with van der Waals surface area (Å²) >= 11 is 8.85. The molecule has 2 atom stereocenters. The summed E-state index contributed by atoms with van der Waals surface area (Å²) in [4.78, 5) is 26.1. The maximum atomic E-state index is 12.8. The highest BCUT2D eigenvalue weighted by Gasteiger charge is 2.56. The first kappa shape index (κ1) is 20.0. The van der Waals surface area contributed by atoms with Gasteiger partial charge in [0.1, 0.15) is 17.3 Å². The Kier molecular flexibility index (Phi) is 5.40. The van der Waals surface area contributed by atoms with Crippen molar-refractivity contribution in [1.29, 1.82) is 0 Å². The molecule has 0 aliphatic carbocycles. The molecule has 2 aliphatic heterocycles. The molecule has 4 heterocycles. The highest BCUT2D eigenvalue weighted by molar-refractivity contribution is 8.01. The number of hydrogen-bond donors (Lipinski definition) is 2. The Hall–Kier alpha value is -2.31. The zero-order valence-electron chi connectivity index (χ0n) is 15.4. The molecule has 10 nitrogen and oxygen atoms in total. The van der Waals surface area contributed by atoms with E-state index in [4.69, 9.17) is 11.6 Å². The molecule has 0 bridgehead atoms. The van der Waals surface area contributed by atoms with Crippen LogP contribution in [0.3, 0.4) is 0 Å². The molecule has 2 aliphatic rings. The van der Waals surface area contributed by atoms with Crippen molar-refractivity contribution in [2.45, 2.75) is 16.6 Å². The van der Waals surface area contributed by atoms with Crippen molar-refractivity contribution < 1.29 is 19.3 Å². The Labute approximate surface area is 179 Å². The van der Waals surface area contributed by atoms with E-state index >= 15 is 0 Å². The molecule has 1 amide bonds. The number of fused-ring (bicyclic) bond motifs is 1. The van der Waals surface area contributed by atoms with Gasteiger partial charge in [0.05, 0.1) is 12.1 Å². The van der Waals surface area contributed by atoms with Crippen molar-refractivity contribution in [3.63, 3.8) is 0 Å². The number of nitrogens with one attached hydrogen (secondary N) is 1. The Balaban J connectivity index is 1.52. The van der Waals surface area contributed by atoms with Gasteiger partial charge in [0.15, 0.2) is 0 Å². The number of carboxylic acid groups (broad SMARTS) is 1. The standard InChI is InChI=1S/C16H16ClN7O3S2/c1-22-5-9(17)3-4-10(22)18-11-13(25)24-12(15(26)27)8(6-28-14(11)24)7-29-16-19-20-21-23(16)2/h3-5,11,14H,6-7H2,1-2H3,(H,26,27)/p+1. The van der Waals surface area contributed by atoms with E-state index < -0.39 is 12.0 Å². The number of anilines is 1. The molecule has 0 spiro atoms. The number of carbonyl (C=O) groups excluding carboxylic acids is 1. The van der Waals surface area contributed by atoms with Crippen molar-refractivity contribution in [2.24, 2.45) is 14.1 Å². The van der Waals surface area contributed by atoms with Gasteiger partial charge in [0, 0.05) is 24.6 Å². The molecule has 2 aromatic rings. The molecule has 2 aromatic heterocycles. The first-order chi connectivity index (χ1) is 13.9. The van der Waals surface area contributed by atoms with E-state index in [0.717, 1.165) is 5.82 Å². The minimum absolute atomic E-state index is 0.0555. The lowest BCUT2D eigenvalue weighted by Crippen LogP contribution is -2.68. The molecule has 2 N–H and O–H groups in total. The molecule has 13 heteroatoms. The fourth-order valence-electron chi connectivity index (χ4n) is 3.17. The molecule has 0 radical (unpaired) electrons. The van der Waals surface area contributed by atoms with E-state index in [0.29, 0.717) is 27.3 Å². The third-order valence-corrected chi connectivity index (χ3v) is 7.27. The van der Waals surface area contributed by atoms with Crippen LogP contribution in [-0.2, 0) is 23.7 Å². The van der Waals surface area contributed by atoms with E-state index in [1.54, 1.807) is 29.9 Å². The summed E-state index contributed by atoms with van der Waals surface area (Å²) in [7, 11) is 3.54. The number of nitrogens with zero attached hydrogens (tertiary/aromatic N) is 6. The summed E-state index contributed by atoms with van der Waals surface area (Å²) in [6.07, 6.45) is 1.73. The molecule has 29 heavy (non-hydrogen) atoms. The van der Waals surface area contributed by atoms with Gasteiger partial charge in [0.2, 0.25) is 11.2 Å². The van der Waals surface area contributed by atoms with Gasteiger partial charge in [-0.05, 0) is 22.1 Å². The van der Waals surface area contributed by atoms with Crippen LogP contribution in [0.25, 0.3) is 0 Å². The Morgan fingerprint density at radius 2 is 2.31 bits per heavy atom. The highest BCUT2D eigenvalue weighted by atomic mass is 35.5. The lowest BCUT2D eigenvalue weighted by atomic mass is 10.0. The average Bonchev–Trinajstić information content (AvgIpc) is 3.09. The van der Waals surface area contributed by atoms with E-state index in [-0.39, 0.29) is 17.0 Å². The van der Waals surface area contributed by atoms with Gasteiger partial charge in [-0.15, -0.1) is 16.9 Å². The fraction of sp³-hybridized carbons (Fsp3) is 0.375. The second-order valence-electron chi connectivity index (χ2n) is 6.51. The topological polar surface area (TPSA) is 117 Å². The van der Waals surface area contributed by atoms with Gasteiger partial charge in [-0.3, -0.25) is 15.0 Å². The highest BCUT2D eigenvalue weighted by Crippen LogP contribution is 2.42. The normalized spacial score (nSPS) is 21.1. The van der Waals surface area contributed by atoms with E-state index in [1.165, 1.54) is 33.1 Å². The van der Waals surface area contributed by atoms with Crippen LogP contribution in [0.15, 0.2) is 34.8 Å². The average molecular weight is 455 g/mol. The predicted octanol–water partition coefficient (Wildman–Crippen LogP) is 0.515. The number of halogens is 1. The minimum atomic E-state index is -1.11. The van der Waals surface area contributed by atoms with Gasteiger partial charge in [-0.2, -0.15) is 0 Å². The summed E-state index contributed by atoms with van der Waals surface area (Å²) in [6, 6.07) is 3.02. The number of pyridine rings is 1. The number of amides is 1. The largest absolute Gasteiger partial charge is 0.477 e. The summed E-state index contributed by atoms with van der Waals surface area (Å²) in [6.45, 7) is 0. The van der Waals surface area contributed by atoms with E-state index in [1.807, 2.05) is 7.05 Å². The first-order valence-electron chi connectivity index (χ1n) is 8.53. The Morgan fingerprint density at radius 1 is 1.52 bits per heavy atom. The van der Waals surface area contributed by atoms with Crippen molar-refractivity contribution in [3.05, 3.63) is 34.6 Å². The van der Waals surface area contributed by atoms with Crippen LogP contribution in [0.1, 0.15) is 0 Å². The number of tetrazole rings is 1. The van der Waals surface area contributed by atoms with Crippen LogP contribution in [0.2, 0.25) is 5.02 Å². The van der Waals surface area contributed by atoms with Crippen molar-refractivity contribution >= 4 is 52.8 Å². The third kappa shape index (κ3) is 3.67. The molecule has 152 valence electrons. The molecule has 1 saturated heterocycles. The molecule has 1 fully saturated rings. The van der Waals surface area contributed by atoms with Crippen LogP contribution in [0.5, 0.6) is 0 Å². The molecule has 4 rings (SSSR count). The minimum Gasteiger partial charge on any atom is -0.477 e. The number of hydrogen-bond acceptors (Lipinski definition) is 8. The SMILES string of the molecule is Cn1nnnc1SCC1=C(C(=O)O)N2C(=O)C(Nc3ccc(Cl)c[n+]3C)C2SC1. The van der Waals surface area contributed by atoms with Crippen LogP contribution in [0, 0.1) is 0 Å². The number of aliphatic carboxylic acids is 1. The van der Waals surface area contributed by atoms with Crippen LogP contribution >= 0.6 is 35.1 Å². The molecule has 0 aromatic carbocycles. The quantitative estimate of drug-likeness (QED) is 0.365. The third-order valence-electron chi connectivity index (χ3n) is 4.61. The van der Waals surface area contributed by atoms with Crippen molar-refractivity contribution in [3.8, 4) is 0 Å². The maximum absolute atomic E-state index is 12.8. The summed E-state index contributed by atoms with van der Waals surface area (Å²) in [5.74, 6) is 0.260. The molecular formula is C16H17ClN7O3S2+.